The predicted octanol–water partition coefficient (Wildman–Crippen LogP) is 4.68. The van der Waals surface area contributed by atoms with Gasteiger partial charge in [0.1, 0.15) is 12.3 Å². The Kier molecular flexibility index (Phi) is 5.14. The fourth-order valence-electron chi connectivity index (χ4n) is 3.10. The first kappa shape index (κ1) is 18.9. The average Bonchev–Trinajstić information content (AvgIpc) is 2.73. The topological polar surface area (TPSA) is 60.7 Å². The molecule has 0 aliphatic rings. The van der Waals surface area contributed by atoms with E-state index in [9.17, 15) is 9.59 Å². The van der Waals surface area contributed by atoms with Crippen LogP contribution >= 0.6 is 11.6 Å². The Labute approximate surface area is 172 Å². The number of carbonyl (C=O) groups excluding carboxylic acids is 1. The van der Waals surface area contributed by atoms with Crippen LogP contribution in [0.25, 0.3) is 16.8 Å². The Bertz CT molecular complexity index is 1270. The SMILES string of the molecule is Cc1ccc2nc(COC(=O)c3ccc(Cl)cc3-c3ccccc3)cc(=O)n2c1. The van der Waals surface area contributed by atoms with Crippen molar-refractivity contribution < 1.29 is 9.53 Å². The first-order chi connectivity index (χ1) is 14.0. The smallest absolute Gasteiger partial charge is 0.339 e. The molecule has 2 aromatic carbocycles. The second-order valence-corrected chi connectivity index (χ2v) is 7.09. The van der Waals surface area contributed by atoms with E-state index in [4.69, 9.17) is 16.3 Å². The minimum Gasteiger partial charge on any atom is -0.456 e. The monoisotopic (exact) mass is 404 g/mol. The van der Waals surface area contributed by atoms with Gasteiger partial charge >= 0.3 is 5.97 Å². The number of ether oxygens (including phenoxy) is 1. The minimum atomic E-state index is -0.508. The number of rotatable bonds is 4. The lowest BCUT2D eigenvalue weighted by Gasteiger charge is -2.11. The molecule has 0 amide bonds. The summed E-state index contributed by atoms with van der Waals surface area (Å²) >= 11 is 6.13. The van der Waals surface area contributed by atoms with E-state index >= 15 is 0 Å². The molecule has 0 fully saturated rings. The van der Waals surface area contributed by atoms with Gasteiger partial charge in [0, 0.05) is 17.3 Å². The first-order valence-corrected chi connectivity index (χ1v) is 9.40. The van der Waals surface area contributed by atoms with Crippen molar-refractivity contribution in [3.05, 3.63) is 105 Å². The molecule has 2 aromatic heterocycles. The Morgan fingerprint density at radius 3 is 2.66 bits per heavy atom. The second kappa shape index (κ2) is 7.89. The maximum Gasteiger partial charge on any atom is 0.339 e. The van der Waals surface area contributed by atoms with E-state index < -0.39 is 5.97 Å². The summed E-state index contributed by atoms with van der Waals surface area (Å²) in [6.45, 7) is 1.80. The van der Waals surface area contributed by atoms with Gasteiger partial charge in [-0.3, -0.25) is 9.20 Å². The van der Waals surface area contributed by atoms with Gasteiger partial charge in [-0.2, -0.15) is 0 Å². The van der Waals surface area contributed by atoms with Crippen molar-refractivity contribution in [3.63, 3.8) is 0 Å². The largest absolute Gasteiger partial charge is 0.456 e. The molecular formula is C23H17ClN2O3. The average molecular weight is 405 g/mol. The molecule has 0 N–H and O–H groups in total. The summed E-state index contributed by atoms with van der Waals surface area (Å²) in [5, 5.41) is 0.528. The molecule has 0 atom stereocenters. The number of nitrogens with zero attached hydrogens (tertiary/aromatic N) is 2. The van der Waals surface area contributed by atoms with Crippen molar-refractivity contribution in [2.75, 3.05) is 0 Å². The van der Waals surface area contributed by atoms with E-state index in [0.29, 0.717) is 27.5 Å². The van der Waals surface area contributed by atoms with Crippen molar-refractivity contribution >= 4 is 23.2 Å². The van der Waals surface area contributed by atoms with Crippen LogP contribution < -0.4 is 5.56 Å². The summed E-state index contributed by atoms with van der Waals surface area (Å²) in [6.07, 6.45) is 1.72. The lowest BCUT2D eigenvalue weighted by molar-refractivity contribution is 0.0468. The van der Waals surface area contributed by atoms with Crippen molar-refractivity contribution in [1.82, 2.24) is 9.38 Å². The molecular weight excluding hydrogens is 388 g/mol. The van der Waals surface area contributed by atoms with Crippen LogP contribution in [0.2, 0.25) is 5.02 Å². The molecule has 29 heavy (non-hydrogen) atoms. The summed E-state index contributed by atoms with van der Waals surface area (Å²) in [6, 6.07) is 19.5. The lowest BCUT2D eigenvalue weighted by Crippen LogP contribution is -2.17. The third-order valence-electron chi connectivity index (χ3n) is 4.50. The highest BCUT2D eigenvalue weighted by Crippen LogP contribution is 2.27. The van der Waals surface area contributed by atoms with Gasteiger partial charge in [-0.15, -0.1) is 0 Å². The van der Waals surface area contributed by atoms with Gasteiger partial charge in [0.25, 0.3) is 5.56 Å². The van der Waals surface area contributed by atoms with E-state index in [1.165, 1.54) is 10.5 Å². The number of benzene rings is 2. The van der Waals surface area contributed by atoms with Gasteiger partial charge in [-0.25, -0.2) is 9.78 Å². The number of aryl methyl sites for hydroxylation is 1. The Morgan fingerprint density at radius 2 is 1.86 bits per heavy atom. The fraction of sp³-hybridized carbons (Fsp3) is 0.0870. The van der Waals surface area contributed by atoms with Crippen LogP contribution in [0.1, 0.15) is 21.6 Å². The molecule has 0 unspecified atom stereocenters. The number of pyridine rings is 1. The molecule has 2 heterocycles. The van der Waals surface area contributed by atoms with Gasteiger partial charge < -0.3 is 4.74 Å². The van der Waals surface area contributed by atoms with Crippen LogP contribution in [0.5, 0.6) is 0 Å². The molecule has 0 saturated carbocycles. The summed E-state index contributed by atoms with van der Waals surface area (Å²) in [5.74, 6) is -0.508. The van der Waals surface area contributed by atoms with E-state index in [-0.39, 0.29) is 12.2 Å². The van der Waals surface area contributed by atoms with Gasteiger partial charge in [0.2, 0.25) is 0 Å². The van der Waals surface area contributed by atoms with Crippen molar-refractivity contribution in [3.8, 4) is 11.1 Å². The zero-order chi connectivity index (χ0) is 20.4. The molecule has 0 aliphatic heterocycles. The summed E-state index contributed by atoms with van der Waals surface area (Å²) in [7, 11) is 0. The molecule has 0 saturated heterocycles. The first-order valence-electron chi connectivity index (χ1n) is 9.02. The van der Waals surface area contributed by atoms with Crippen LogP contribution in [0.3, 0.4) is 0 Å². The number of hydrogen-bond donors (Lipinski definition) is 0. The van der Waals surface area contributed by atoms with E-state index in [2.05, 4.69) is 4.98 Å². The van der Waals surface area contributed by atoms with Gasteiger partial charge in [-0.1, -0.05) is 48.0 Å². The standard InChI is InChI=1S/C23H17ClN2O3/c1-15-7-10-21-25-18(12-22(27)26(21)13-15)14-29-23(28)19-9-8-17(24)11-20(19)16-5-3-2-4-6-16/h2-13H,14H2,1H3. The molecule has 0 aliphatic carbocycles. The fourth-order valence-corrected chi connectivity index (χ4v) is 3.27. The molecule has 0 radical (unpaired) electrons. The molecule has 0 spiro atoms. The number of esters is 1. The van der Waals surface area contributed by atoms with E-state index in [1.807, 2.05) is 43.3 Å². The van der Waals surface area contributed by atoms with Gasteiger partial charge in [-0.05, 0) is 47.9 Å². The molecule has 4 rings (SSSR count). The molecule has 4 aromatic rings. The second-order valence-electron chi connectivity index (χ2n) is 6.65. The zero-order valence-corrected chi connectivity index (χ0v) is 16.4. The molecule has 6 heteroatoms. The van der Waals surface area contributed by atoms with Crippen LogP contribution in [0.15, 0.2) is 77.7 Å². The number of halogens is 1. The van der Waals surface area contributed by atoms with Gasteiger partial charge in [0.05, 0.1) is 11.3 Å². The molecule has 144 valence electrons. The number of aromatic nitrogens is 2. The van der Waals surface area contributed by atoms with Crippen LogP contribution in [0, 0.1) is 6.92 Å². The van der Waals surface area contributed by atoms with Crippen LogP contribution in [0.4, 0.5) is 0 Å². The highest BCUT2D eigenvalue weighted by molar-refractivity contribution is 6.31. The van der Waals surface area contributed by atoms with E-state index in [1.54, 1.807) is 30.5 Å². The lowest BCUT2D eigenvalue weighted by atomic mass is 10.00. The zero-order valence-electron chi connectivity index (χ0n) is 15.6. The number of fused-ring (bicyclic) bond motifs is 1. The highest BCUT2D eigenvalue weighted by Gasteiger charge is 2.15. The number of hydrogen-bond acceptors (Lipinski definition) is 4. The molecule has 0 bridgehead atoms. The van der Waals surface area contributed by atoms with Crippen LogP contribution in [-0.2, 0) is 11.3 Å². The third kappa shape index (κ3) is 4.05. The van der Waals surface area contributed by atoms with Crippen molar-refractivity contribution in [1.29, 1.82) is 0 Å². The van der Waals surface area contributed by atoms with Crippen molar-refractivity contribution in [2.24, 2.45) is 0 Å². The van der Waals surface area contributed by atoms with Crippen LogP contribution in [-0.4, -0.2) is 15.4 Å². The van der Waals surface area contributed by atoms with E-state index in [0.717, 1.165) is 11.1 Å². The molecule has 5 nitrogen and oxygen atoms in total. The number of carbonyl (C=O) groups is 1. The Morgan fingerprint density at radius 1 is 1.07 bits per heavy atom. The summed E-state index contributed by atoms with van der Waals surface area (Å²) in [5.41, 5.74) is 3.57. The maximum absolute atomic E-state index is 12.7. The maximum atomic E-state index is 12.7. The Hall–Kier alpha value is -3.44. The summed E-state index contributed by atoms with van der Waals surface area (Å²) in [4.78, 5) is 29.5. The highest BCUT2D eigenvalue weighted by atomic mass is 35.5. The quantitative estimate of drug-likeness (QED) is 0.463. The minimum absolute atomic E-state index is 0.102. The normalized spacial score (nSPS) is 10.8. The predicted molar refractivity (Wildman–Crippen MR) is 112 cm³/mol. The third-order valence-corrected chi connectivity index (χ3v) is 4.73. The summed E-state index contributed by atoms with van der Waals surface area (Å²) < 4.78 is 6.92. The Balaban J connectivity index is 1.60. The van der Waals surface area contributed by atoms with Crippen molar-refractivity contribution in [2.45, 2.75) is 13.5 Å². The van der Waals surface area contributed by atoms with Gasteiger partial charge in [0.15, 0.2) is 0 Å².